The number of benzene rings is 1. The maximum atomic E-state index is 10.8. The number of anilines is 1. The molecule has 0 aliphatic carbocycles. The van der Waals surface area contributed by atoms with Crippen molar-refractivity contribution < 1.29 is 4.79 Å². The summed E-state index contributed by atoms with van der Waals surface area (Å²) in [5, 5.41) is 2.84. The number of para-hydroxylation sites is 1. The third-order valence-electron chi connectivity index (χ3n) is 3.08. The topological polar surface area (TPSA) is 32.3 Å². The van der Waals surface area contributed by atoms with Gasteiger partial charge in [-0.3, -0.25) is 4.79 Å². The van der Waals surface area contributed by atoms with Gasteiger partial charge in [0.25, 0.3) is 0 Å². The van der Waals surface area contributed by atoms with E-state index in [9.17, 15) is 4.79 Å². The normalized spacial score (nSPS) is 18.4. The van der Waals surface area contributed by atoms with Gasteiger partial charge in [0.05, 0.1) is 0 Å². The summed E-state index contributed by atoms with van der Waals surface area (Å²) in [5.74, 6) is 0.0418. The molecule has 1 atom stereocenters. The third-order valence-corrected chi connectivity index (χ3v) is 3.08. The monoisotopic (exact) mass is 218 g/mol. The van der Waals surface area contributed by atoms with E-state index in [1.807, 2.05) is 0 Å². The molecule has 86 valence electrons. The second-order valence-electron chi connectivity index (χ2n) is 4.36. The van der Waals surface area contributed by atoms with Crippen LogP contribution in [0.1, 0.15) is 19.4 Å². The highest BCUT2D eigenvalue weighted by Gasteiger charge is 2.24. The molecule has 3 nitrogen and oxygen atoms in total. The quantitative estimate of drug-likeness (QED) is 0.835. The molecule has 2 rings (SSSR count). The van der Waals surface area contributed by atoms with E-state index < -0.39 is 0 Å². The first-order valence-electron chi connectivity index (χ1n) is 5.77. The number of nitrogens with zero attached hydrogens (tertiary/aromatic N) is 1. The maximum absolute atomic E-state index is 10.8. The van der Waals surface area contributed by atoms with Gasteiger partial charge in [-0.1, -0.05) is 18.2 Å². The zero-order valence-corrected chi connectivity index (χ0v) is 9.86. The van der Waals surface area contributed by atoms with Gasteiger partial charge < -0.3 is 10.2 Å². The molecule has 0 spiro atoms. The Labute approximate surface area is 96.5 Å². The van der Waals surface area contributed by atoms with Gasteiger partial charge in [-0.05, 0) is 25.0 Å². The molecule has 1 amide bonds. The Hall–Kier alpha value is -1.51. The van der Waals surface area contributed by atoms with Crippen LogP contribution in [0.5, 0.6) is 0 Å². The number of rotatable bonds is 3. The molecule has 0 aromatic heterocycles. The van der Waals surface area contributed by atoms with Crippen LogP contribution in [-0.4, -0.2) is 25.0 Å². The minimum atomic E-state index is 0.0418. The first-order valence-corrected chi connectivity index (χ1v) is 5.77. The van der Waals surface area contributed by atoms with E-state index in [0.29, 0.717) is 12.6 Å². The maximum Gasteiger partial charge on any atom is 0.216 e. The second-order valence-corrected chi connectivity index (χ2v) is 4.36. The molecule has 1 N–H and O–H groups in total. The van der Waals surface area contributed by atoms with Crippen LogP contribution in [0.2, 0.25) is 0 Å². The Balaban J connectivity index is 2.02. The molecule has 1 heterocycles. The molecule has 0 saturated carbocycles. The highest BCUT2D eigenvalue weighted by atomic mass is 16.1. The van der Waals surface area contributed by atoms with E-state index >= 15 is 0 Å². The minimum absolute atomic E-state index is 0.0418. The molecule has 1 aromatic rings. The molecular formula is C13H18N2O. The van der Waals surface area contributed by atoms with Gasteiger partial charge in [-0.15, -0.1) is 0 Å². The van der Waals surface area contributed by atoms with E-state index in [0.717, 1.165) is 13.0 Å². The zero-order valence-electron chi connectivity index (χ0n) is 9.86. The summed E-state index contributed by atoms with van der Waals surface area (Å²) in [5.41, 5.74) is 2.73. The lowest BCUT2D eigenvalue weighted by Crippen LogP contribution is -2.37. The molecular weight excluding hydrogens is 200 g/mol. The van der Waals surface area contributed by atoms with Crippen LogP contribution in [0.25, 0.3) is 0 Å². The molecule has 0 radical (unpaired) electrons. The van der Waals surface area contributed by atoms with Gasteiger partial charge >= 0.3 is 0 Å². The third kappa shape index (κ3) is 2.18. The number of carbonyl (C=O) groups is 1. The Morgan fingerprint density at radius 1 is 1.50 bits per heavy atom. The summed E-state index contributed by atoms with van der Waals surface area (Å²) < 4.78 is 0. The summed E-state index contributed by atoms with van der Waals surface area (Å²) in [7, 11) is 0. The van der Waals surface area contributed by atoms with Crippen molar-refractivity contribution in [2.45, 2.75) is 26.3 Å². The van der Waals surface area contributed by atoms with Crippen molar-refractivity contribution in [1.29, 1.82) is 0 Å². The van der Waals surface area contributed by atoms with Crippen molar-refractivity contribution in [3.8, 4) is 0 Å². The molecule has 0 saturated heterocycles. The number of hydrogen-bond acceptors (Lipinski definition) is 2. The fraction of sp³-hybridized carbons (Fsp3) is 0.462. The lowest BCUT2D eigenvalue weighted by Gasteiger charge is -2.24. The molecule has 16 heavy (non-hydrogen) atoms. The Morgan fingerprint density at radius 2 is 2.25 bits per heavy atom. The van der Waals surface area contributed by atoms with E-state index in [-0.39, 0.29) is 5.91 Å². The molecule has 1 aliphatic heterocycles. The second kappa shape index (κ2) is 4.56. The smallest absolute Gasteiger partial charge is 0.216 e. The van der Waals surface area contributed by atoms with Crippen molar-refractivity contribution in [2.24, 2.45) is 0 Å². The SMILES string of the molecule is CC(=O)NCCN1c2ccccc2CC1C. The molecule has 1 unspecified atom stereocenters. The van der Waals surface area contributed by atoms with E-state index in [4.69, 9.17) is 0 Å². The largest absolute Gasteiger partial charge is 0.367 e. The Bertz CT molecular complexity index is 389. The molecule has 1 aromatic carbocycles. The lowest BCUT2D eigenvalue weighted by atomic mass is 10.1. The summed E-state index contributed by atoms with van der Waals surface area (Å²) in [4.78, 5) is 13.2. The van der Waals surface area contributed by atoms with Crippen molar-refractivity contribution in [2.75, 3.05) is 18.0 Å². The first kappa shape index (κ1) is 11.0. The molecule has 3 heteroatoms. The van der Waals surface area contributed by atoms with Gasteiger partial charge in [0, 0.05) is 31.7 Å². The fourth-order valence-corrected chi connectivity index (χ4v) is 2.32. The summed E-state index contributed by atoms with van der Waals surface area (Å²) in [6.45, 7) is 5.39. The highest BCUT2D eigenvalue weighted by Crippen LogP contribution is 2.30. The molecule has 0 bridgehead atoms. The minimum Gasteiger partial charge on any atom is -0.367 e. The van der Waals surface area contributed by atoms with Crippen LogP contribution in [0.15, 0.2) is 24.3 Å². The Kier molecular flexibility index (Phi) is 3.13. The van der Waals surface area contributed by atoms with E-state index in [2.05, 4.69) is 41.4 Å². The molecule has 0 fully saturated rings. The lowest BCUT2D eigenvalue weighted by molar-refractivity contribution is -0.118. The summed E-state index contributed by atoms with van der Waals surface area (Å²) >= 11 is 0. The van der Waals surface area contributed by atoms with E-state index in [1.165, 1.54) is 11.3 Å². The van der Waals surface area contributed by atoms with Crippen LogP contribution in [0.4, 0.5) is 5.69 Å². The van der Waals surface area contributed by atoms with Gasteiger partial charge in [0.1, 0.15) is 0 Å². The van der Waals surface area contributed by atoms with Gasteiger partial charge in [0.2, 0.25) is 5.91 Å². The van der Waals surface area contributed by atoms with Crippen LogP contribution in [-0.2, 0) is 11.2 Å². The highest BCUT2D eigenvalue weighted by molar-refractivity contribution is 5.72. The van der Waals surface area contributed by atoms with Gasteiger partial charge in [-0.2, -0.15) is 0 Å². The fourth-order valence-electron chi connectivity index (χ4n) is 2.32. The van der Waals surface area contributed by atoms with Gasteiger partial charge in [-0.25, -0.2) is 0 Å². The average molecular weight is 218 g/mol. The van der Waals surface area contributed by atoms with Gasteiger partial charge in [0.15, 0.2) is 0 Å². The van der Waals surface area contributed by atoms with Crippen molar-refractivity contribution in [3.05, 3.63) is 29.8 Å². The summed E-state index contributed by atoms with van der Waals surface area (Å²) in [6, 6.07) is 9.04. The van der Waals surface area contributed by atoms with E-state index in [1.54, 1.807) is 6.92 Å². The zero-order chi connectivity index (χ0) is 11.5. The van der Waals surface area contributed by atoms with Crippen LogP contribution >= 0.6 is 0 Å². The standard InChI is InChI=1S/C13H18N2O/c1-10-9-12-5-3-4-6-13(12)15(10)8-7-14-11(2)16/h3-6,10H,7-9H2,1-2H3,(H,14,16). The number of amides is 1. The van der Waals surface area contributed by atoms with Crippen molar-refractivity contribution in [1.82, 2.24) is 5.32 Å². The number of fused-ring (bicyclic) bond motifs is 1. The molecule has 1 aliphatic rings. The van der Waals surface area contributed by atoms with Crippen LogP contribution in [0.3, 0.4) is 0 Å². The summed E-state index contributed by atoms with van der Waals surface area (Å²) in [6.07, 6.45) is 1.11. The predicted octanol–water partition coefficient (Wildman–Crippen LogP) is 1.57. The number of carbonyl (C=O) groups excluding carboxylic acids is 1. The number of nitrogens with one attached hydrogen (secondary N) is 1. The van der Waals surface area contributed by atoms with Crippen molar-refractivity contribution >= 4 is 11.6 Å². The van der Waals surface area contributed by atoms with Crippen molar-refractivity contribution in [3.63, 3.8) is 0 Å². The first-order chi connectivity index (χ1) is 7.68. The predicted molar refractivity (Wildman–Crippen MR) is 65.6 cm³/mol. The van der Waals surface area contributed by atoms with Crippen LogP contribution < -0.4 is 10.2 Å². The van der Waals surface area contributed by atoms with Crippen LogP contribution in [0, 0.1) is 0 Å². The Morgan fingerprint density at radius 3 is 3.00 bits per heavy atom. The average Bonchev–Trinajstić information content (AvgIpc) is 2.55. The number of hydrogen-bond donors (Lipinski definition) is 1.